The molecule has 7 nitrogen and oxygen atoms in total. The van der Waals surface area contributed by atoms with Gasteiger partial charge in [-0.1, -0.05) is 11.2 Å². The molecule has 0 unspecified atom stereocenters. The Labute approximate surface area is 108 Å². The van der Waals surface area contributed by atoms with E-state index in [0.29, 0.717) is 0 Å². The predicted molar refractivity (Wildman–Crippen MR) is 66.3 cm³/mol. The molecule has 0 spiro atoms. The zero-order chi connectivity index (χ0) is 14.4. The Hall–Kier alpha value is -2.70. The lowest BCUT2D eigenvalue weighted by molar-refractivity contribution is -0.114. The van der Waals surface area contributed by atoms with Crippen LogP contribution in [-0.4, -0.2) is 35.7 Å². The smallest absolute Gasteiger partial charge is 0.337 e. The van der Waals surface area contributed by atoms with Crippen molar-refractivity contribution in [2.45, 2.75) is 6.92 Å². The van der Waals surface area contributed by atoms with Gasteiger partial charge in [-0.2, -0.15) is 0 Å². The first-order valence-corrected chi connectivity index (χ1v) is 5.22. The maximum atomic E-state index is 11.6. The summed E-state index contributed by atoms with van der Waals surface area (Å²) in [5.41, 5.74) is -0.107. The van der Waals surface area contributed by atoms with Crippen LogP contribution in [0, 0.1) is 0 Å². The van der Waals surface area contributed by atoms with Crippen molar-refractivity contribution in [3.8, 4) is 0 Å². The molecule has 19 heavy (non-hydrogen) atoms. The average molecular weight is 264 g/mol. The zero-order valence-corrected chi connectivity index (χ0v) is 10.3. The molecule has 100 valence electrons. The van der Waals surface area contributed by atoms with E-state index in [4.69, 9.17) is 5.21 Å². The minimum Gasteiger partial charge on any atom is -0.465 e. The molecule has 0 aliphatic heterocycles. The number of esters is 1. The van der Waals surface area contributed by atoms with Gasteiger partial charge in [0.25, 0.3) is 5.91 Å². The van der Waals surface area contributed by atoms with E-state index >= 15 is 0 Å². The van der Waals surface area contributed by atoms with Crippen LogP contribution in [-0.2, 0) is 14.3 Å². The monoisotopic (exact) mass is 264 g/mol. The van der Waals surface area contributed by atoms with Crippen LogP contribution in [0.2, 0.25) is 0 Å². The van der Waals surface area contributed by atoms with Crippen LogP contribution in [0.3, 0.4) is 0 Å². The van der Waals surface area contributed by atoms with Gasteiger partial charge in [-0.05, 0) is 18.2 Å². The molecule has 0 aromatic heterocycles. The topological polar surface area (TPSA) is 105 Å². The van der Waals surface area contributed by atoms with Crippen LogP contribution in [0.15, 0.2) is 29.4 Å². The number of anilines is 1. The third-order valence-electron chi connectivity index (χ3n) is 2.19. The van der Waals surface area contributed by atoms with Crippen LogP contribution in [0.5, 0.6) is 0 Å². The van der Waals surface area contributed by atoms with E-state index in [1.807, 2.05) is 0 Å². The fourth-order valence-corrected chi connectivity index (χ4v) is 1.31. The number of hydrogen-bond donors (Lipinski definition) is 2. The zero-order valence-electron chi connectivity index (χ0n) is 10.3. The van der Waals surface area contributed by atoms with Gasteiger partial charge in [-0.25, -0.2) is 4.79 Å². The first kappa shape index (κ1) is 14.4. The summed E-state index contributed by atoms with van der Waals surface area (Å²) in [5, 5.41) is 13.5. The number of carbonyl (C=O) groups is 3. The van der Waals surface area contributed by atoms with E-state index in [9.17, 15) is 14.4 Å². The second kappa shape index (κ2) is 6.29. The van der Waals surface area contributed by atoms with Gasteiger partial charge in [-0.3, -0.25) is 9.59 Å². The van der Waals surface area contributed by atoms with Crippen LogP contribution in [0.1, 0.15) is 17.3 Å². The SMILES string of the molecule is COC(=O)c1cccc(NC(=O)C(=NO)C(C)=O)c1. The molecular weight excluding hydrogens is 252 g/mol. The normalized spacial score (nSPS) is 10.7. The highest BCUT2D eigenvalue weighted by atomic mass is 16.5. The number of methoxy groups -OCH3 is 1. The number of nitrogens with one attached hydrogen (secondary N) is 1. The van der Waals surface area contributed by atoms with E-state index in [1.54, 1.807) is 0 Å². The number of amides is 1. The maximum Gasteiger partial charge on any atom is 0.337 e. The third-order valence-corrected chi connectivity index (χ3v) is 2.19. The summed E-state index contributed by atoms with van der Waals surface area (Å²) in [4.78, 5) is 33.9. The second-order valence-corrected chi connectivity index (χ2v) is 3.53. The number of benzene rings is 1. The van der Waals surface area contributed by atoms with Crippen LogP contribution in [0.4, 0.5) is 5.69 Å². The Morgan fingerprint density at radius 2 is 2.00 bits per heavy atom. The van der Waals surface area contributed by atoms with Gasteiger partial charge in [0.2, 0.25) is 5.71 Å². The molecule has 1 rings (SSSR count). The Morgan fingerprint density at radius 1 is 1.32 bits per heavy atom. The molecule has 0 aliphatic carbocycles. The van der Waals surface area contributed by atoms with Crippen molar-refractivity contribution in [2.75, 3.05) is 12.4 Å². The number of oxime groups is 1. The number of ketones is 1. The highest BCUT2D eigenvalue weighted by molar-refractivity contribution is 6.67. The van der Waals surface area contributed by atoms with E-state index < -0.39 is 23.4 Å². The lowest BCUT2D eigenvalue weighted by atomic mass is 10.2. The van der Waals surface area contributed by atoms with E-state index in [1.165, 1.54) is 31.4 Å². The minimum absolute atomic E-state index is 0.241. The average Bonchev–Trinajstić information content (AvgIpc) is 2.38. The summed E-state index contributed by atoms with van der Waals surface area (Å²) in [6.07, 6.45) is 0. The number of ether oxygens (including phenoxy) is 1. The molecule has 0 bridgehead atoms. The molecule has 0 fully saturated rings. The van der Waals surface area contributed by atoms with Crippen molar-refractivity contribution >= 4 is 29.1 Å². The molecule has 7 heteroatoms. The summed E-state index contributed by atoms with van der Waals surface area (Å²) >= 11 is 0. The van der Waals surface area contributed by atoms with Crippen molar-refractivity contribution in [1.29, 1.82) is 0 Å². The Balaban J connectivity index is 2.92. The fourth-order valence-electron chi connectivity index (χ4n) is 1.31. The molecule has 0 aliphatic rings. The van der Waals surface area contributed by atoms with Crippen molar-refractivity contribution in [1.82, 2.24) is 0 Å². The molecule has 0 atom stereocenters. The summed E-state index contributed by atoms with van der Waals surface area (Å²) in [7, 11) is 1.24. The van der Waals surface area contributed by atoms with E-state index in [0.717, 1.165) is 6.92 Å². The van der Waals surface area contributed by atoms with Gasteiger partial charge < -0.3 is 15.3 Å². The third kappa shape index (κ3) is 3.63. The molecule has 1 amide bonds. The number of hydrogen-bond acceptors (Lipinski definition) is 6. The summed E-state index contributed by atoms with van der Waals surface area (Å²) in [5.74, 6) is -2.10. The number of Topliss-reactive ketones (excluding diaryl/α,β-unsaturated/α-hetero) is 1. The van der Waals surface area contributed by atoms with Crippen molar-refractivity contribution < 1.29 is 24.3 Å². The highest BCUT2D eigenvalue weighted by Gasteiger charge is 2.17. The number of nitrogens with zero attached hydrogens (tertiary/aromatic N) is 1. The summed E-state index contributed by atoms with van der Waals surface area (Å²) < 4.78 is 4.53. The summed E-state index contributed by atoms with van der Waals surface area (Å²) in [6, 6.07) is 5.93. The van der Waals surface area contributed by atoms with Gasteiger partial charge in [0.15, 0.2) is 5.78 Å². The second-order valence-electron chi connectivity index (χ2n) is 3.53. The molecule has 0 radical (unpaired) electrons. The van der Waals surface area contributed by atoms with Gasteiger partial charge in [0, 0.05) is 12.6 Å². The van der Waals surface area contributed by atoms with Crippen molar-refractivity contribution in [2.24, 2.45) is 5.16 Å². The number of rotatable bonds is 4. The molecule has 0 saturated heterocycles. The molecule has 1 aromatic rings. The first-order chi connectivity index (χ1) is 8.99. The van der Waals surface area contributed by atoms with Crippen LogP contribution in [0.25, 0.3) is 0 Å². The molecule has 0 saturated carbocycles. The predicted octanol–water partition coefficient (Wildman–Crippen LogP) is 0.831. The van der Waals surface area contributed by atoms with E-state index in [-0.39, 0.29) is 11.3 Å². The lowest BCUT2D eigenvalue weighted by Gasteiger charge is -2.06. The maximum absolute atomic E-state index is 11.6. The van der Waals surface area contributed by atoms with E-state index in [2.05, 4.69) is 15.2 Å². The number of carbonyl (C=O) groups excluding carboxylic acids is 3. The highest BCUT2D eigenvalue weighted by Crippen LogP contribution is 2.11. The Bertz CT molecular complexity index is 551. The van der Waals surface area contributed by atoms with Crippen LogP contribution >= 0.6 is 0 Å². The van der Waals surface area contributed by atoms with Gasteiger partial charge in [0.05, 0.1) is 12.7 Å². The Morgan fingerprint density at radius 3 is 2.53 bits per heavy atom. The van der Waals surface area contributed by atoms with Crippen molar-refractivity contribution in [3.63, 3.8) is 0 Å². The molecule has 0 heterocycles. The molecule has 1 aromatic carbocycles. The van der Waals surface area contributed by atoms with Gasteiger partial charge in [-0.15, -0.1) is 0 Å². The molecular formula is C12H12N2O5. The van der Waals surface area contributed by atoms with Gasteiger partial charge in [0.1, 0.15) is 0 Å². The lowest BCUT2D eigenvalue weighted by Crippen LogP contribution is -2.28. The first-order valence-electron chi connectivity index (χ1n) is 5.22. The largest absolute Gasteiger partial charge is 0.465 e. The van der Waals surface area contributed by atoms with Crippen molar-refractivity contribution in [3.05, 3.63) is 29.8 Å². The summed E-state index contributed by atoms with van der Waals surface area (Å²) in [6.45, 7) is 1.10. The van der Waals surface area contributed by atoms with Crippen LogP contribution < -0.4 is 5.32 Å². The van der Waals surface area contributed by atoms with Gasteiger partial charge >= 0.3 is 5.97 Å². The Kier molecular flexibility index (Phi) is 4.76. The fraction of sp³-hybridized carbons (Fsp3) is 0.167. The standard InChI is InChI=1S/C12H12N2O5/c1-7(15)10(14-18)11(16)13-9-5-3-4-8(6-9)12(17)19-2/h3-6,18H,1-2H3,(H,13,16). The molecule has 2 N–H and O–H groups in total. The minimum atomic E-state index is -0.864. The quantitative estimate of drug-likeness (QED) is 0.275.